The van der Waals surface area contributed by atoms with Gasteiger partial charge >= 0.3 is 0 Å². The highest BCUT2D eigenvalue weighted by atomic mass is 16.3. The van der Waals surface area contributed by atoms with Crippen molar-refractivity contribution >= 4 is 5.78 Å². The maximum absolute atomic E-state index is 12.1. The predicted molar refractivity (Wildman–Crippen MR) is 70.1 cm³/mol. The van der Waals surface area contributed by atoms with Crippen molar-refractivity contribution in [1.29, 1.82) is 0 Å². The van der Waals surface area contributed by atoms with Gasteiger partial charge in [0.2, 0.25) is 0 Å². The number of unbranched alkanes of at least 4 members (excludes halogenated alkanes) is 2. The molecule has 17 heavy (non-hydrogen) atoms. The van der Waals surface area contributed by atoms with Crippen molar-refractivity contribution in [2.75, 3.05) is 0 Å². The van der Waals surface area contributed by atoms with Crippen LogP contribution in [0.1, 0.15) is 49.9 Å². The van der Waals surface area contributed by atoms with Crippen LogP contribution in [-0.4, -0.2) is 17.0 Å². The lowest BCUT2D eigenvalue weighted by Crippen LogP contribution is -2.25. The molecule has 0 bridgehead atoms. The molecule has 0 unspecified atom stereocenters. The van der Waals surface area contributed by atoms with E-state index in [1.54, 1.807) is 12.1 Å². The molecule has 1 aromatic carbocycles. The first kappa shape index (κ1) is 13.9. The number of hydrogen-bond acceptors (Lipinski definition) is 2. The molecular formula is C15H22O2. The smallest absolute Gasteiger partial charge is 0.168 e. The lowest BCUT2D eigenvalue weighted by molar-refractivity contribution is 0.0683. The van der Waals surface area contributed by atoms with Crippen molar-refractivity contribution < 1.29 is 9.90 Å². The first-order valence-corrected chi connectivity index (χ1v) is 6.44. The van der Waals surface area contributed by atoms with E-state index in [1.165, 1.54) is 0 Å². The van der Waals surface area contributed by atoms with Gasteiger partial charge in [-0.15, -0.1) is 0 Å². The normalized spacial score (nSPS) is 14.3. The Balaban J connectivity index is 2.51. The number of ketones is 1. The second-order valence-electron chi connectivity index (χ2n) is 4.58. The van der Waals surface area contributed by atoms with E-state index in [0.717, 1.165) is 19.3 Å². The fourth-order valence-electron chi connectivity index (χ4n) is 1.89. The summed E-state index contributed by atoms with van der Waals surface area (Å²) in [6.07, 6.45) is 3.43. The van der Waals surface area contributed by atoms with Gasteiger partial charge in [-0.25, -0.2) is 0 Å². The molecule has 2 atom stereocenters. The highest BCUT2D eigenvalue weighted by Gasteiger charge is 2.22. The van der Waals surface area contributed by atoms with Gasteiger partial charge in [0.25, 0.3) is 0 Å². The lowest BCUT2D eigenvalue weighted by Gasteiger charge is -2.17. The standard InChI is InChI=1S/C15H22O2/c1-3-4-6-11-14(16)12(2)15(17)13-9-7-5-8-10-13/h5,7-10,12,14,16H,3-4,6,11H2,1-2H3/t12-,14+/m1/s1. The van der Waals surface area contributed by atoms with Crippen molar-refractivity contribution in [3.63, 3.8) is 0 Å². The van der Waals surface area contributed by atoms with Gasteiger partial charge in [0.1, 0.15) is 0 Å². The van der Waals surface area contributed by atoms with Gasteiger partial charge in [-0.1, -0.05) is 63.4 Å². The molecule has 0 aliphatic heterocycles. The van der Waals surface area contributed by atoms with Gasteiger partial charge in [-0.3, -0.25) is 4.79 Å². The number of aliphatic hydroxyl groups excluding tert-OH is 1. The van der Waals surface area contributed by atoms with Crippen LogP contribution in [0.15, 0.2) is 30.3 Å². The Morgan fingerprint density at radius 3 is 2.47 bits per heavy atom. The lowest BCUT2D eigenvalue weighted by atomic mass is 9.91. The fraction of sp³-hybridized carbons (Fsp3) is 0.533. The maximum Gasteiger partial charge on any atom is 0.168 e. The average molecular weight is 234 g/mol. The summed E-state index contributed by atoms with van der Waals surface area (Å²) < 4.78 is 0. The van der Waals surface area contributed by atoms with Crippen molar-refractivity contribution in [3.05, 3.63) is 35.9 Å². The molecule has 0 aliphatic rings. The first-order valence-electron chi connectivity index (χ1n) is 6.44. The van der Waals surface area contributed by atoms with Gasteiger partial charge in [-0.05, 0) is 6.42 Å². The fourth-order valence-corrected chi connectivity index (χ4v) is 1.89. The zero-order chi connectivity index (χ0) is 12.7. The van der Waals surface area contributed by atoms with Crippen LogP contribution in [0.25, 0.3) is 0 Å². The molecule has 0 heterocycles. The Kier molecular flexibility index (Phi) is 5.92. The topological polar surface area (TPSA) is 37.3 Å². The first-order chi connectivity index (χ1) is 8.16. The van der Waals surface area contributed by atoms with Gasteiger partial charge in [0.15, 0.2) is 5.78 Å². The minimum atomic E-state index is -0.519. The molecule has 0 saturated carbocycles. The Hall–Kier alpha value is -1.15. The van der Waals surface area contributed by atoms with Gasteiger partial charge in [-0.2, -0.15) is 0 Å². The number of carbonyl (C=O) groups excluding carboxylic acids is 1. The third-order valence-electron chi connectivity index (χ3n) is 3.15. The summed E-state index contributed by atoms with van der Waals surface area (Å²) in [5.41, 5.74) is 0.689. The Morgan fingerprint density at radius 1 is 1.24 bits per heavy atom. The Morgan fingerprint density at radius 2 is 1.88 bits per heavy atom. The van der Waals surface area contributed by atoms with Crippen LogP contribution < -0.4 is 0 Å². The largest absolute Gasteiger partial charge is 0.392 e. The second-order valence-corrected chi connectivity index (χ2v) is 4.58. The maximum atomic E-state index is 12.1. The third kappa shape index (κ3) is 4.31. The van der Waals surface area contributed by atoms with Gasteiger partial charge < -0.3 is 5.11 Å². The van der Waals surface area contributed by atoms with E-state index in [4.69, 9.17) is 0 Å². The number of carbonyl (C=O) groups is 1. The summed E-state index contributed by atoms with van der Waals surface area (Å²) in [6, 6.07) is 9.20. The molecule has 2 heteroatoms. The van der Waals surface area contributed by atoms with Crippen LogP contribution in [0, 0.1) is 5.92 Å². The molecular weight excluding hydrogens is 212 g/mol. The van der Waals surface area contributed by atoms with Crippen molar-refractivity contribution in [1.82, 2.24) is 0 Å². The highest BCUT2D eigenvalue weighted by molar-refractivity contribution is 5.97. The van der Waals surface area contributed by atoms with Crippen LogP contribution in [0.5, 0.6) is 0 Å². The van der Waals surface area contributed by atoms with E-state index in [1.807, 2.05) is 25.1 Å². The zero-order valence-electron chi connectivity index (χ0n) is 10.7. The summed E-state index contributed by atoms with van der Waals surface area (Å²) in [4.78, 5) is 12.1. The summed E-state index contributed by atoms with van der Waals surface area (Å²) in [7, 11) is 0. The summed E-state index contributed by atoms with van der Waals surface area (Å²) in [6.45, 7) is 3.94. The van der Waals surface area contributed by atoms with E-state index < -0.39 is 6.10 Å². The number of hydrogen-bond donors (Lipinski definition) is 1. The summed E-state index contributed by atoms with van der Waals surface area (Å²) in [5, 5.41) is 9.96. The minimum Gasteiger partial charge on any atom is -0.392 e. The van der Waals surface area contributed by atoms with Crippen molar-refractivity contribution in [2.24, 2.45) is 5.92 Å². The SMILES string of the molecule is CCCCC[C@H](O)[C@@H](C)C(=O)c1ccccc1. The molecule has 1 N–H and O–H groups in total. The molecule has 0 fully saturated rings. The van der Waals surface area contributed by atoms with Crippen molar-refractivity contribution in [2.45, 2.75) is 45.6 Å². The van der Waals surface area contributed by atoms with Crippen LogP contribution in [0.3, 0.4) is 0 Å². The molecule has 94 valence electrons. The number of Topliss-reactive ketones (excluding diaryl/α,β-unsaturated/α-hetero) is 1. The number of benzene rings is 1. The zero-order valence-corrected chi connectivity index (χ0v) is 10.7. The second kappa shape index (κ2) is 7.23. The molecule has 2 nitrogen and oxygen atoms in total. The molecule has 1 aromatic rings. The van der Waals surface area contributed by atoms with Crippen molar-refractivity contribution in [3.8, 4) is 0 Å². The molecule has 1 rings (SSSR count). The van der Waals surface area contributed by atoms with Gasteiger partial charge in [0.05, 0.1) is 6.10 Å². The summed E-state index contributed by atoms with van der Waals surface area (Å²) in [5.74, 6) is -0.274. The Bertz CT molecular complexity index is 332. The van der Waals surface area contributed by atoms with E-state index in [0.29, 0.717) is 12.0 Å². The Labute approximate surface area is 104 Å². The molecule has 0 saturated heterocycles. The van der Waals surface area contributed by atoms with Crippen LogP contribution >= 0.6 is 0 Å². The summed E-state index contributed by atoms with van der Waals surface area (Å²) >= 11 is 0. The molecule has 0 spiro atoms. The third-order valence-corrected chi connectivity index (χ3v) is 3.15. The molecule has 0 amide bonds. The van der Waals surface area contributed by atoms with E-state index in [2.05, 4.69) is 6.92 Å². The van der Waals surface area contributed by atoms with E-state index >= 15 is 0 Å². The molecule has 0 aromatic heterocycles. The van der Waals surface area contributed by atoms with Crippen LogP contribution in [0.2, 0.25) is 0 Å². The van der Waals surface area contributed by atoms with E-state index in [-0.39, 0.29) is 11.7 Å². The molecule has 0 radical (unpaired) electrons. The monoisotopic (exact) mass is 234 g/mol. The quantitative estimate of drug-likeness (QED) is 0.579. The predicted octanol–water partition coefficient (Wildman–Crippen LogP) is 3.45. The van der Waals surface area contributed by atoms with E-state index in [9.17, 15) is 9.90 Å². The average Bonchev–Trinajstić information content (AvgIpc) is 2.38. The van der Waals surface area contributed by atoms with Crippen LogP contribution in [0.4, 0.5) is 0 Å². The molecule has 0 aliphatic carbocycles. The number of aliphatic hydroxyl groups is 1. The minimum absolute atomic E-state index is 0.0367. The highest BCUT2D eigenvalue weighted by Crippen LogP contribution is 2.16. The van der Waals surface area contributed by atoms with Crippen LogP contribution in [-0.2, 0) is 0 Å². The number of rotatable bonds is 7. The van der Waals surface area contributed by atoms with Gasteiger partial charge in [0, 0.05) is 11.5 Å².